The summed E-state index contributed by atoms with van der Waals surface area (Å²) >= 11 is 5.04. The Morgan fingerprint density at radius 1 is 1.14 bits per heavy atom. The minimum absolute atomic E-state index is 0.0353. The lowest BCUT2D eigenvalue weighted by atomic mass is 10.1. The fourth-order valence-corrected chi connectivity index (χ4v) is 2.57. The molecule has 102 valence electrons. The van der Waals surface area contributed by atoms with Gasteiger partial charge < -0.3 is 4.98 Å². The maximum atomic E-state index is 12.3. The molecule has 1 aromatic carbocycles. The van der Waals surface area contributed by atoms with Gasteiger partial charge in [-0.3, -0.25) is 14.5 Å². The number of nitrogens with zero attached hydrogens (tertiary/aromatic N) is 2. The number of carbonyl (C=O) groups excluding carboxylic acids is 2. The lowest BCUT2D eigenvalue weighted by Crippen LogP contribution is -2.29. The zero-order chi connectivity index (χ0) is 15.0. The number of benzene rings is 1. The van der Waals surface area contributed by atoms with Crippen LogP contribution in [0.15, 0.2) is 36.5 Å². The molecular weight excluding hydrogens is 286 g/mol. The number of hydrogen-bond acceptors (Lipinski definition) is 4. The van der Waals surface area contributed by atoms with Crippen molar-refractivity contribution < 1.29 is 9.59 Å². The number of imide groups is 1. The molecule has 0 fully saturated rings. The van der Waals surface area contributed by atoms with Crippen LogP contribution < -0.4 is 0 Å². The minimum Gasteiger partial charge on any atom is -0.352 e. The molecule has 0 spiro atoms. The van der Waals surface area contributed by atoms with E-state index in [9.17, 15) is 9.59 Å². The van der Waals surface area contributed by atoms with Gasteiger partial charge in [-0.25, -0.2) is 0 Å². The van der Waals surface area contributed by atoms with Gasteiger partial charge in [0.25, 0.3) is 11.8 Å². The lowest BCUT2D eigenvalue weighted by Gasteiger charge is -2.14. The number of rotatable bonds is 2. The molecule has 0 aliphatic carbocycles. The van der Waals surface area contributed by atoms with Crippen molar-refractivity contribution in [1.29, 1.82) is 5.26 Å². The normalized spacial score (nSPS) is 13.2. The summed E-state index contributed by atoms with van der Waals surface area (Å²) in [5.74, 6) is -0.698. The van der Waals surface area contributed by atoms with Gasteiger partial charge in [0.15, 0.2) is 0 Å². The van der Waals surface area contributed by atoms with Crippen LogP contribution in [0.2, 0.25) is 0 Å². The van der Waals surface area contributed by atoms with E-state index in [4.69, 9.17) is 17.5 Å². The standard InChI is InChI=1S/C15H9N3O2S/c16-7-12-9(5-6-17-13(12)21)8-18-14(19)10-3-1-2-4-11(10)15(18)20/h1-6H,8H2,(H,17,21). The van der Waals surface area contributed by atoms with Crippen LogP contribution in [-0.4, -0.2) is 21.7 Å². The number of fused-ring (bicyclic) bond motifs is 1. The molecule has 0 radical (unpaired) electrons. The highest BCUT2D eigenvalue weighted by molar-refractivity contribution is 7.71. The number of nitrogens with one attached hydrogen (secondary N) is 1. The number of amides is 2. The van der Waals surface area contributed by atoms with Crippen LogP contribution in [0.1, 0.15) is 31.8 Å². The Morgan fingerprint density at radius 3 is 2.33 bits per heavy atom. The molecule has 0 atom stereocenters. The average molecular weight is 295 g/mol. The van der Waals surface area contributed by atoms with Gasteiger partial charge in [0.2, 0.25) is 0 Å². The van der Waals surface area contributed by atoms with Gasteiger partial charge in [0, 0.05) is 6.20 Å². The lowest BCUT2D eigenvalue weighted by molar-refractivity contribution is 0.0642. The molecule has 0 bridgehead atoms. The van der Waals surface area contributed by atoms with Gasteiger partial charge in [-0.15, -0.1) is 0 Å². The van der Waals surface area contributed by atoms with Crippen LogP contribution in [0, 0.1) is 16.0 Å². The minimum atomic E-state index is -0.349. The fraction of sp³-hybridized carbons (Fsp3) is 0.0667. The molecule has 2 aromatic rings. The Morgan fingerprint density at radius 2 is 1.76 bits per heavy atom. The molecule has 2 heterocycles. The SMILES string of the molecule is N#Cc1c(CN2C(=O)c3ccccc3C2=O)cc[nH]c1=S. The van der Waals surface area contributed by atoms with Crippen molar-refractivity contribution in [2.24, 2.45) is 0 Å². The molecule has 5 nitrogen and oxygen atoms in total. The first-order chi connectivity index (χ1) is 10.1. The number of aromatic amines is 1. The van der Waals surface area contributed by atoms with Crippen LogP contribution in [0.3, 0.4) is 0 Å². The highest BCUT2D eigenvalue weighted by atomic mass is 32.1. The fourth-order valence-electron chi connectivity index (χ4n) is 2.33. The smallest absolute Gasteiger partial charge is 0.261 e. The van der Waals surface area contributed by atoms with E-state index in [2.05, 4.69) is 4.98 Å². The van der Waals surface area contributed by atoms with Crippen LogP contribution in [0.4, 0.5) is 0 Å². The van der Waals surface area contributed by atoms with E-state index in [-0.39, 0.29) is 23.9 Å². The summed E-state index contributed by atoms with van der Waals surface area (Å²) in [4.78, 5) is 28.5. The van der Waals surface area contributed by atoms with Crippen molar-refractivity contribution in [3.8, 4) is 6.07 Å². The average Bonchev–Trinajstić information content (AvgIpc) is 2.73. The molecule has 2 amide bonds. The number of nitriles is 1. The molecule has 3 rings (SSSR count). The number of aromatic nitrogens is 1. The van der Waals surface area contributed by atoms with Crippen LogP contribution in [0.5, 0.6) is 0 Å². The highest BCUT2D eigenvalue weighted by Gasteiger charge is 2.35. The van der Waals surface area contributed by atoms with Crippen molar-refractivity contribution in [3.05, 3.63) is 63.4 Å². The van der Waals surface area contributed by atoms with Crippen LogP contribution >= 0.6 is 12.2 Å². The first kappa shape index (κ1) is 13.2. The summed E-state index contributed by atoms with van der Waals surface area (Å²) in [6.45, 7) is 0.0353. The molecule has 0 saturated carbocycles. The van der Waals surface area contributed by atoms with Gasteiger partial charge in [-0.1, -0.05) is 24.4 Å². The molecule has 1 N–H and O–H groups in total. The maximum absolute atomic E-state index is 12.3. The van der Waals surface area contributed by atoms with E-state index in [1.807, 2.05) is 6.07 Å². The molecule has 6 heteroatoms. The van der Waals surface area contributed by atoms with Crippen LogP contribution in [0.25, 0.3) is 0 Å². The molecule has 1 aromatic heterocycles. The van der Waals surface area contributed by atoms with E-state index >= 15 is 0 Å². The summed E-state index contributed by atoms with van der Waals surface area (Å²) < 4.78 is 0.298. The Bertz CT molecular complexity index is 829. The van der Waals surface area contributed by atoms with Crippen molar-refractivity contribution in [2.75, 3.05) is 0 Å². The quantitative estimate of drug-likeness (QED) is 0.682. The molecule has 0 unspecified atom stereocenters. The topological polar surface area (TPSA) is 77.0 Å². The van der Waals surface area contributed by atoms with Gasteiger partial charge in [-0.05, 0) is 23.8 Å². The first-order valence-electron chi connectivity index (χ1n) is 6.19. The zero-order valence-corrected chi connectivity index (χ0v) is 11.6. The van der Waals surface area contributed by atoms with Crippen molar-refractivity contribution >= 4 is 24.0 Å². The Hall–Kier alpha value is -2.78. The van der Waals surface area contributed by atoms with E-state index in [0.29, 0.717) is 21.3 Å². The Labute approximate surface area is 125 Å². The van der Waals surface area contributed by atoms with Gasteiger partial charge in [0.05, 0.1) is 23.2 Å². The van der Waals surface area contributed by atoms with Gasteiger partial charge >= 0.3 is 0 Å². The zero-order valence-electron chi connectivity index (χ0n) is 10.8. The summed E-state index contributed by atoms with van der Waals surface area (Å²) in [6.07, 6.45) is 1.59. The Balaban J connectivity index is 2.01. The molecule has 0 saturated heterocycles. The third kappa shape index (κ3) is 2.04. The first-order valence-corrected chi connectivity index (χ1v) is 6.60. The van der Waals surface area contributed by atoms with Crippen molar-refractivity contribution in [3.63, 3.8) is 0 Å². The summed E-state index contributed by atoms with van der Waals surface area (Å²) in [6, 6.07) is 10.3. The highest BCUT2D eigenvalue weighted by Crippen LogP contribution is 2.24. The third-order valence-corrected chi connectivity index (χ3v) is 3.69. The predicted molar refractivity (Wildman–Crippen MR) is 77.0 cm³/mol. The van der Waals surface area contributed by atoms with E-state index in [0.717, 1.165) is 4.90 Å². The summed E-state index contributed by atoms with van der Waals surface area (Å²) in [7, 11) is 0. The Kier molecular flexibility index (Phi) is 3.12. The second-order valence-electron chi connectivity index (χ2n) is 4.56. The second-order valence-corrected chi connectivity index (χ2v) is 4.97. The van der Waals surface area contributed by atoms with E-state index in [1.165, 1.54) is 0 Å². The largest absolute Gasteiger partial charge is 0.352 e. The van der Waals surface area contributed by atoms with E-state index in [1.54, 1.807) is 36.5 Å². The predicted octanol–water partition coefficient (Wildman–Crippen LogP) is 2.41. The number of H-pyrrole nitrogens is 1. The third-order valence-electron chi connectivity index (χ3n) is 3.37. The van der Waals surface area contributed by atoms with Crippen LogP contribution in [-0.2, 0) is 6.54 Å². The monoisotopic (exact) mass is 295 g/mol. The van der Waals surface area contributed by atoms with Crippen molar-refractivity contribution in [1.82, 2.24) is 9.88 Å². The molecule has 1 aliphatic rings. The maximum Gasteiger partial charge on any atom is 0.261 e. The molecule has 1 aliphatic heterocycles. The number of pyridine rings is 1. The van der Waals surface area contributed by atoms with Crippen molar-refractivity contribution in [2.45, 2.75) is 6.54 Å². The van der Waals surface area contributed by atoms with Gasteiger partial charge in [0.1, 0.15) is 10.7 Å². The molecule has 21 heavy (non-hydrogen) atoms. The second kappa shape index (κ2) is 4.96. The number of hydrogen-bond donors (Lipinski definition) is 1. The van der Waals surface area contributed by atoms with E-state index < -0.39 is 0 Å². The molecular formula is C15H9N3O2S. The summed E-state index contributed by atoms with van der Waals surface area (Å²) in [5, 5.41) is 9.15. The number of carbonyl (C=O) groups is 2. The van der Waals surface area contributed by atoms with Gasteiger partial charge in [-0.2, -0.15) is 5.26 Å². The summed E-state index contributed by atoms with van der Waals surface area (Å²) in [5.41, 5.74) is 1.61.